The van der Waals surface area contributed by atoms with Crippen molar-refractivity contribution in [2.75, 3.05) is 23.8 Å². The highest BCUT2D eigenvalue weighted by Gasteiger charge is 2.07. The molecular formula is C27H33N3O4. The lowest BCUT2D eigenvalue weighted by Gasteiger charge is -2.11. The molecule has 0 fully saturated rings. The van der Waals surface area contributed by atoms with Crippen LogP contribution in [0, 0.1) is 0 Å². The number of nitrogens with one attached hydrogen (secondary N) is 3. The van der Waals surface area contributed by atoms with Crippen LogP contribution in [-0.4, -0.2) is 25.0 Å². The normalized spacial score (nSPS) is 10.5. The van der Waals surface area contributed by atoms with Crippen LogP contribution in [0.5, 0.6) is 5.75 Å². The summed E-state index contributed by atoms with van der Waals surface area (Å²) in [5.41, 5.74) is 1.97. The molecule has 0 radical (unpaired) electrons. The summed E-state index contributed by atoms with van der Waals surface area (Å²) < 4.78 is 11.0. The molecule has 0 bridgehead atoms. The number of unbranched alkanes of at least 4 members (excludes halogenated alkanes) is 4. The third-order valence-electron chi connectivity index (χ3n) is 5.24. The Morgan fingerprint density at radius 3 is 2.50 bits per heavy atom. The molecule has 0 atom stereocenters. The summed E-state index contributed by atoms with van der Waals surface area (Å²) in [6.07, 6.45) is 7.51. The molecule has 3 rings (SSSR count). The molecule has 34 heavy (non-hydrogen) atoms. The molecule has 0 spiro atoms. The van der Waals surface area contributed by atoms with Gasteiger partial charge in [0.25, 0.3) is 5.91 Å². The van der Waals surface area contributed by atoms with E-state index < -0.39 is 0 Å². The van der Waals surface area contributed by atoms with Gasteiger partial charge in [0.1, 0.15) is 11.5 Å². The quantitative estimate of drug-likeness (QED) is 0.270. The summed E-state index contributed by atoms with van der Waals surface area (Å²) >= 11 is 0. The molecule has 180 valence electrons. The molecule has 1 aromatic heterocycles. The molecule has 2 aromatic carbocycles. The Labute approximate surface area is 200 Å². The summed E-state index contributed by atoms with van der Waals surface area (Å²) in [5.74, 6) is 1.08. The number of anilines is 2. The molecule has 3 aromatic rings. The molecule has 1 heterocycles. The lowest BCUT2D eigenvalue weighted by Crippen LogP contribution is -2.23. The first-order valence-corrected chi connectivity index (χ1v) is 11.8. The zero-order chi connectivity index (χ0) is 24.0. The van der Waals surface area contributed by atoms with E-state index in [1.54, 1.807) is 42.7 Å². The largest absolute Gasteiger partial charge is 0.494 e. The third-order valence-corrected chi connectivity index (χ3v) is 5.24. The van der Waals surface area contributed by atoms with Crippen molar-refractivity contribution in [3.8, 4) is 5.75 Å². The molecule has 0 aliphatic rings. The Morgan fingerprint density at radius 1 is 0.912 bits per heavy atom. The first-order valence-electron chi connectivity index (χ1n) is 11.8. The predicted octanol–water partition coefficient (Wildman–Crippen LogP) is 5.61. The molecule has 7 nitrogen and oxygen atoms in total. The number of hydrogen-bond donors (Lipinski definition) is 3. The fourth-order valence-electron chi connectivity index (χ4n) is 3.37. The van der Waals surface area contributed by atoms with Gasteiger partial charge in [0.05, 0.1) is 26.0 Å². The molecular weight excluding hydrogens is 430 g/mol. The maximum Gasteiger partial charge on any atom is 0.251 e. The van der Waals surface area contributed by atoms with Crippen LogP contribution in [0.4, 0.5) is 11.4 Å². The van der Waals surface area contributed by atoms with E-state index >= 15 is 0 Å². The minimum absolute atomic E-state index is 0.104. The first-order chi connectivity index (χ1) is 16.6. The van der Waals surface area contributed by atoms with Gasteiger partial charge in [-0.3, -0.25) is 9.59 Å². The average Bonchev–Trinajstić information content (AvgIpc) is 3.38. The number of amides is 2. The van der Waals surface area contributed by atoms with Gasteiger partial charge in [0, 0.05) is 23.0 Å². The van der Waals surface area contributed by atoms with Crippen molar-refractivity contribution in [2.24, 2.45) is 0 Å². The van der Waals surface area contributed by atoms with Gasteiger partial charge < -0.3 is 25.1 Å². The maximum absolute atomic E-state index is 12.3. The lowest BCUT2D eigenvalue weighted by atomic mass is 10.2. The van der Waals surface area contributed by atoms with Gasteiger partial charge in [0.15, 0.2) is 0 Å². The zero-order valence-corrected chi connectivity index (χ0v) is 19.6. The third kappa shape index (κ3) is 8.65. The number of carbonyl (C=O) groups excluding carboxylic acids is 2. The predicted molar refractivity (Wildman–Crippen MR) is 134 cm³/mol. The number of ether oxygens (including phenoxy) is 1. The molecule has 0 aliphatic carbocycles. The molecule has 3 N–H and O–H groups in total. The molecule has 2 amide bonds. The van der Waals surface area contributed by atoms with E-state index in [1.165, 1.54) is 25.7 Å². The Bertz CT molecular complexity index is 1020. The van der Waals surface area contributed by atoms with Gasteiger partial charge in [0.2, 0.25) is 5.91 Å². The first kappa shape index (κ1) is 24.9. The van der Waals surface area contributed by atoms with Crippen LogP contribution < -0.4 is 20.7 Å². The van der Waals surface area contributed by atoms with E-state index in [-0.39, 0.29) is 18.4 Å². The number of rotatable bonds is 14. The molecule has 0 unspecified atom stereocenters. The Kier molecular flexibility index (Phi) is 10.1. The van der Waals surface area contributed by atoms with Gasteiger partial charge in [-0.2, -0.15) is 0 Å². The second-order valence-corrected chi connectivity index (χ2v) is 8.03. The lowest BCUT2D eigenvalue weighted by molar-refractivity contribution is -0.114. The van der Waals surface area contributed by atoms with Crippen LogP contribution in [0.3, 0.4) is 0 Å². The summed E-state index contributed by atoms with van der Waals surface area (Å²) in [6.45, 7) is 3.32. The molecule has 0 saturated carbocycles. The van der Waals surface area contributed by atoms with Crippen molar-refractivity contribution in [1.82, 2.24) is 5.32 Å². The highest BCUT2D eigenvalue weighted by atomic mass is 16.5. The van der Waals surface area contributed by atoms with Gasteiger partial charge in [-0.15, -0.1) is 0 Å². The van der Waals surface area contributed by atoms with Gasteiger partial charge in [-0.05, 0) is 55.0 Å². The fourth-order valence-corrected chi connectivity index (χ4v) is 3.37. The smallest absolute Gasteiger partial charge is 0.251 e. The van der Waals surface area contributed by atoms with Crippen LogP contribution in [0.1, 0.15) is 55.1 Å². The monoisotopic (exact) mass is 463 g/mol. The topological polar surface area (TPSA) is 92.6 Å². The molecule has 0 saturated heterocycles. The zero-order valence-electron chi connectivity index (χ0n) is 19.6. The van der Waals surface area contributed by atoms with Crippen LogP contribution in [0.25, 0.3) is 0 Å². The number of furan rings is 1. The van der Waals surface area contributed by atoms with Crippen molar-refractivity contribution in [3.63, 3.8) is 0 Å². The van der Waals surface area contributed by atoms with Crippen molar-refractivity contribution in [1.29, 1.82) is 0 Å². The van der Waals surface area contributed by atoms with E-state index in [0.29, 0.717) is 30.2 Å². The Morgan fingerprint density at radius 2 is 1.74 bits per heavy atom. The second-order valence-electron chi connectivity index (χ2n) is 8.03. The van der Waals surface area contributed by atoms with Crippen molar-refractivity contribution < 1.29 is 18.7 Å². The van der Waals surface area contributed by atoms with Crippen LogP contribution >= 0.6 is 0 Å². The van der Waals surface area contributed by atoms with E-state index in [0.717, 1.165) is 17.9 Å². The fraction of sp³-hybridized carbons (Fsp3) is 0.333. The van der Waals surface area contributed by atoms with Crippen molar-refractivity contribution in [2.45, 2.75) is 45.6 Å². The summed E-state index contributed by atoms with van der Waals surface area (Å²) in [4.78, 5) is 24.6. The maximum atomic E-state index is 12.3. The van der Waals surface area contributed by atoms with Crippen LogP contribution in [-0.2, 0) is 11.3 Å². The number of hydrogen-bond acceptors (Lipinski definition) is 5. The Hall–Kier alpha value is -3.74. The minimum Gasteiger partial charge on any atom is -0.494 e. The molecule has 0 aliphatic heterocycles. The number of carbonyl (C=O) groups is 2. The van der Waals surface area contributed by atoms with E-state index in [2.05, 4.69) is 22.9 Å². The summed E-state index contributed by atoms with van der Waals surface area (Å²) in [6, 6.07) is 18.0. The minimum atomic E-state index is -0.191. The van der Waals surface area contributed by atoms with E-state index in [4.69, 9.17) is 9.15 Å². The van der Waals surface area contributed by atoms with Crippen molar-refractivity contribution in [3.05, 3.63) is 78.3 Å². The molecule has 7 heteroatoms. The summed E-state index contributed by atoms with van der Waals surface area (Å²) in [5, 5.41) is 8.74. The van der Waals surface area contributed by atoms with Crippen LogP contribution in [0.2, 0.25) is 0 Å². The Balaban J connectivity index is 1.38. The number of benzene rings is 2. The van der Waals surface area contributed by atoms with Gasteiger partial charge in [-0.25, -0.2) is 0 Å². The highest BCUT2D eigenvalue weighted by molar-refractivity contribution is 5.95. The van der Waals surface area contributed by atoms with Crippen LogP contribution in [0.15, 0.2) is 71.3 Å². The van der Waals surface area contributed by atoms with Crippen molar-refractivity contribution >= 4 is 23.2 Å². The second kappa shape index (κ2) is 13.7. The standard InChI is InChI=1S/C27H33N3O4/c1-2-3-4-5-6-16-33-24-10-7-9-23(18-24)30-26(31)20-28-22-14-12-21(13-15-22)27(32)29-19-25-11-8-17-34-25/h7-15,17-18,28H,2-6,16,19-20H2,1H3,(H,29,32)(H,30,31). The van der Waals surface area contributed by atoms with Gasteiger partial charge >= 0.3 is 0 Å². The van der Waals surface area contributed by atoms with Gasteiger partial charge in [-0.1, -0.05) is 38.7 Å². The summed E-state index contributed by atoms with van der Waals surface area (Å²) in [7, 11) is 0. The SMILES string of the molecule is CCCCCCCOc1cccc(NC(=O)CNc2ccc(C(=O)NCc3ccco3)cc2)c1. The average molecular weight is 464 g/mol. The van der Waals surface area contributed by atoms with E-state index in [1.807, 2.05) is 24.3 Å². The van der Waals surface area contributed by atoms with E-state index in [9.17, 15) is 9.59 Å². The highest BCUT2D eigenvalue weighted by Crippen LogP contribution is 2.18.